The smallest absolute Gasteiger partial charge is 0.335 e. The molecule has 0 radical (unpaired) electrons. The molecule has 1 aromatic carbocycles. The van der Waals surface area contributed by atoms with Gasteiger partial charge in [-0.1, -0.05) is 18.2 Å². The molecule has 0 unspecified atom stereocenters. The minimum absolute atomic E-state index is 0.189. The molecular weight excluding hydrogens is 299 g/mol. The van der Waals surface area contributed by atoms with Crippen LogP contribution < -0.4 is 5.32 Å². The molecule has 0 spiro atoms. The lowest BCUT2D eigenvalue weighted by Gasteiger charge is -2.17. The predicted molar refractivity (Wildman–Crippen MR) is 76.3 cm³/mol. The third kappa shape index (κ3) is 3.18. The zero-order valence-corrected chi connectivity index (χ0v) is 11.5. The van der Waals surface area contributed by atoms with Gasteiger partial charge in [0.1, 0.15) is 5.03 Å². The van der Waals surface area contributed by atoms with Crippen LogP contribution in [0.25, 0.3) is 0 Å². The Morgan fingerprint density at radius 1 is 1.14 bits per heavy atom. The van der Waals surface area contributed by atoms with E-state index in [0.29, 0.717) is 15.8 Å². The Balaban J connectivity index is 1.78. The summed E-state index contributed by atoms with van der Waals surface area (Å²) in [6, 6.07) is 10.6. The van der Waals surface area contributed by atoms with E-state index in [1.807, 2.05) is 30.3 Å². The van der Waals surface area contributed by atoms with E-state index in [1.165, 1.54) is 11.8 Å². The molecule has 0 atom stereocenters. The summed E-state index contributed by atoms with van der Waals surface area (Å²) >= 11 is 1.23. The number of alkyl halides is 3. The molecule has 0 saturated carbocycles. The first kappa shape index (κ1) is 13.9. The van der Waals surface area contributed by atoms with Gasteiger partial charge in [0.2, 0.25) is 0 Å². The van der Waals surface area contributed by atoms with Crippen LogP contribution in [0.5, 0.6) is 0 Å². The van der Waals surface area contributed by atoms with E-state index < -0.39 is 11.7 Å². The molecule has 1 aliphatic heterocycles. The van der Waals surface area contributed by atoms with Crippen LogP contribution in [-0.4, -0.2) is 10.2 Å². The Morgan fingerprint density at radius 2 is 1.90 bits per heavy atom. The molecule has 21 heavy (non-hydrogen) atoms. The van der Waals surface area contributed by atoms with E-state index in [2.05, 4.69) is 15.3 Å². The Kier molecular flexibility index (Phi) is 3.59. The Hall–Kier alpha value is -2.02. The van der Waals surface area contributed by atoms with Crippen LogP contribution in [0.3, 0.4) is 0 Å². The number of hydrogen-bond donors (Lipinski definition) is 1. The highest BCUT2D eigenvalue weighted by Crippen LogP contribution is 2.34. The maximum atomic E-state index is 12.6. The quantitative estimate of drug-likeness (QED) is 0.859. The van der Waals surface area contributed by atoms with Crippen molar-refractivity contribution in [2.45, 2.75) is 17.7 Å². The molecule has 0 saturated heterocycles. The van der Waals surface area contributed by atoms with Crippen molar-refractivity contribution >= 4 is 22.6 Å². The van der Waals surface area contributed by atoms with Gasteiger partial charge in [0.25, 0.3) is 0 Å². The molecule has 7 heteroatoms. The van der Waals surface area contributed by atoms with Crippen LogP contribution in [0.4, 0.5) is 18.9 Å². The van der Waals surface area contributed by atoms with E-state index in [4.69, 9.17) is 0 Å². The highest BCUT2D eigenvalue weighted by Gasteiger charge is 2.32. The molecule has 108 valence electrons. The molecule has 3 rings (SSSR count). The summed E-state index contributed by atoms with van der Waals surface area (Å²) in [6.07, 6.45) is -3.52. The molecule has 2 aromatic rings. The summed E-state index contributed by atoms with van der Waals surface area (Å²) in [5.74, 6) is 0. The summed E-state index contributed by atoms with van der Waals surface area (Å²) in [4.78, 5) is 8.15. The Morgan fingerprint density at radius 3 is 2.62 bits per heavy atom. The summed E-state index contributed by atoms with van der Waals surface area (Å²) in [5, 5.41) is 4.30. The average Bonchev–Trinajstić information content (AvgIpc) is 2.47. The molecule has 0 fully saturated rings. The number of thioether (sulfide) groups is 1. The van der Waals surface area contributed by atoms with Crippen molar-refractivity contribution in [2.75, 3.05) is 5.32 Å². The summed E-state index contributed by atoms with van der Waals surface area (Å²) in [6.45, 7) is 0.189. The Labute approximate surface area is 123 Å². The van der Waals surface area contributed by atoms with Crippen LogP contribution in [0.2, 0.25) is 0 Å². The normalized spacial score (nSPS) is 14.3. The number of benzene rings is 1. The largest absolute Gasteiger partial charge is 0.417 e. The average molecular weight is 309 g/mol. The van der Waals surface area contributed by atoms with Gasteiger partial charge < -0.3 is 5.32 Å². The number of halogens is 3. The lowest BCUT2D eigenvalue weighted by Crippen LogP contribution is -2.14. The van der Waals surface area contributed by atoms with E-state index in [-0.39, 0.29) is 6.54 Å². The van der Waals surface area contributed by atoms with Crippen molar-refractivity contribution in [1.82, 2.24) is 4.98 Å². The number of anilines is 1. The minimum atomic E-state index is -4.38. The topological polar surface area (TPSA) is 37.3 Å². The fourth-order valence-corrected chi connectivity index (χ4v) is 2.69. The van der Waals surface area contributed by atoms with Crippen molar-refractivity contribution in [1.29, 1.82) is 0 Å². The van der Waals surface area contributed by atoms with Crippen molar-refractivity contribution in [2.24, 2.45) is 4.99 Å². The molecule has 1 aliphatic rings. The molecule has 1 N–H and O–H groups in total. The third-order valence-corrected chi connectivity index (χ3v) is 3.85. The summed E-state index contributed by atoms with van der Waals surface area (Å²) in [5.41, 5.74) is 0.629. The molecule has 2 heterocycles. The van der Waals surface area contributed by atoms with Crippen molar-refractivity contribution in [3.63, 3.8) is 0 Å². The number of rotatable bonds is 1. The second-order valence-corrected chi connectivity index (χ2v) is 5.38. The predicted octanol–water partition coefficient (Wildman–Crippen LogP) is 4.17. The number of aromatic nitrogens is 1. The number of nitrogens with one attached hydrogen (secondary N) is 1. The van der Waals surface area contributed by atoms with Gasteiger partial charge in [-0.05, 0) is 30.0 Å². The van der Waals surface area contributed by atoms with E-state index >= 15 is 0 Å². The van der Waals surface area contributed by atoms with E-state index in [0.717, 1.165) is 18.0 Å². The van der Waals surface area contributed by atoms with Crippen LogP contribution in [0.1, 0.15) is 11.1 Å². The fraction of sp³-hybridized carbons (Fsp3) is 0.143. The number of fused-ring (bicyclic) bond motifs is 1. The highest BCUT2D eigenvalue weighted by atomic mass is 32.2. The van der Waals surface area contributed by atoms with Crippen LogP contribution in [-0.2, 0) is 12.7 Å². The standard InChI is InChI=1S/C14H10F3N3S/c15-14(16,17)10-6-9-7-19-13(21-12(9)18-8-10)20-11-4-2-1-3-5-11/h1-6,8H,7H2,(H,19,20). The van der Waals surface area contributed by atoms with E-state index in [9.17, 15) is 13.2 Å². The maximum Gasteiger partial charge on any atom is 0.417 e. The highest BCUT2D eigenvalue weighted by molar-refractivity contribution is 8.14. The first-order chi connectivity index (χ1) is 10.0. The van der Waals surface area contributed by atoms with Crippen LogP contribution >= 0.6 is 11.8 Å². The first-order valence-electron chi connectivity index (χ1n) is 6.13. The van der Waals surface area contributed by atoms with Gasteiger partial charge in [0, 0.05) is 17.4 Å². The number of nitrogens with zero attached hydrogens (tertiary/aromatic N) is 2. The number of amidine groups is 1. The molecule has 3 nitrogen and oxygen atoms in total. The first-order valence-corrected chi connectivity index (χ1v) is 6.94. The zero-order valence-electron chi connectivity index (χ0n) is 10.7. The van der Waals surface area contributed by atoms with Gasteiger partial charge in [-0.2, -0.15) is 13.2 Å². The number of aliphatic imine (C=N–C) groups is 1. The number of para-hydroxylation sites is 1. The molecular formula is C14H10F3N3S. The molecule has 1 aromatic heterocycles. The van der Waals surface area contributed by atoms with Crippen LogP contribution in [0.15, 0.2) is 52.6 Å². The Bertz CT molecular complexity index is 684. The summed E-state index contributed by atoms with van der Waals surface area (Å²) in [7, 11) is 0. The number of hydrogen-bond acceptors (Lipinski definition) is 4. The molecule has 0 amide bonds. The monoisotopic (exact) mass is 309 g/mol. The minimum Gasteiger partial charge on any atom is -0.335 e. The summed E-state index contributed by atoms with van der Waals surface area (Å²) < 4.78 is 37.9. The van der Waals surface area contributed by atoms with Gasteiger partial charge in [0.15, 0.2) is 5.17 Å². The van der Waals surface area contributed by atoms with Crippen molar-refractivity contribution < 1.29 is 13.2 Å². The second kappa shape index (κ2) is 5.40. The van der Waals surface area contributed by atoms with Crippen molar-refractivity contribution in [3.8, 4) is 0 Å². The number of pyridine rings is 1. The fourth-order valence-electron chi connectivity index (χ4n) is 1.85. The van der Waals surface area contributed by atoms with Gasteiger partial charge in [-0.15, -0.1) is 0 Å². The lowest BCUT2D eigenvalue weighted by atomic mass is 10.2. The molecule has 0 aliphatic carbocycles. The van der Waals surface area contributed by atoms with Crippen LogP contribution in [0, 0.1) is 0 Å². The SMILES string of the molecule is FC(F)(F)c1cnc2c(c1)CN=C(Nc1ccccc1)S2. The molecule has 0 bridgehead atoms. The third-order valence-electron chi connectivity index (χ3n) is 2.86. The van der Waals surface area contributed by atoms with E-state index in [1.54, 1.807) is 0 Å². The van der Waals surface area contributed by atoms with Gasteiger partial charge in [-0.3, -0.25) is 4.99 Å². The van der Waals surface area contributed by atoms with Gasteiger partial charge in [0.05, 0.1) is 12.1 Å². The second-order valence-electron chi connectivity index (χ2n) is 4.40. The maximum absolute atomic E-state index is 12.6. The zero-order chi connectivity index (χ0) is 14.9. The van der Waals surface area contributed by atoms with Gasteiger partial charge in [-0.25, -0.2) is 4.98 Å². The van der Waals surface area contributed by atoms with Gasteiger partial charge >= 0.3 is 6.18 Å². The lowest BCUT2D eigenvalue weighted by molar-refractivity contribution is -0.137. The van der Waals surface area contributed by atoms with Crippen molar-refractivity contribution in [3.05, 3.63) is 53.7 Å².